The van der Waals surface area contributed by atoms with Crippen molar-refractivity contribution in [2.24, 2.45) is 5.14 Å². The van der Waals surface area contributed by atoms with Crippen molar-refractivity contribution < 1.29 is 13.2 Å². The topological polar surface area (TPSA) is 107 Å². The molecular formula is C19H19ClN4O3S2. The summed E-state index contributed by atoms with van der Waals surface area (Å²) in [4.78, 5) is 16.7. The Morgan fingerprint density at radius 2 is 2.03 bits per heavy atom. The van der Waals surface area contributed by atoms with Gasteiger partial charge in [0.25, 0.3) is 0 Å². The van der Waals surface area contributed by atoms with Crippen LogP contribution in [0, 0.1) is 13.8 Å². The molecule has 0 aliphatic carbocycles. The second-order valence-electron chi connectivity index (χ2n) is 6.35. The zero-order valence-corrected chi connectivity index (χ0v) is 18.1. The molecule has 0 spiro atoms. The van der Waals surface area contributed by atoms with Crippen LogP contribution in [0.1, 0.15) is 11.1 Å². The summed E-state index contributed by atoms with van der Waals surface area (Å²) in [5, 5.41) is 9.21. The van der Waals surface area contributed by atoms with E-state index in [4.69, 9.17) is 16.7 Å². The zero-order chi connectivity index (χ0) is 21.2. The van der Waals surface area contributed by atoms with Gasteiger partial charge in [-0.3, -0.25) is 9.36 Å². The van der Waals surface area contributed by atoms with E-state index in [1.807, 2.05) is 16.7 Å². The first-order valence-corrected chi connectivity index (χ1v) is 11.4. The summed E-state index contributed by atoms with van der Waals surface area (Å²) in [6.07, 6.45) is 3.43. The molecule has 1 heterocycles. The summed E-state index contributed by atoms with van der Waals surface area (Å²) in [5.41, 5.74) is 2.75. The number of primary sulfonamides is 1. The van der Waals surface area contributed by atoms with Crippen molar-refractivity contribution >= 4 is 45.0 Å². The first kappa shape index (κ1) is 21.4. The highest BCUT2D eigenvalue weighted by atomic mass is 35.5. The Hall–Kier alpha value is -2.33. The molecule has 0 bridgehead atoms. The van der Waals surface area contributed by atoms with E-state index in [-0.39, 0.29) is 16.6 Å². The largest absolute Gasteiger partial charge is 0.325 e. The fourth-order valence-electron chi connectivity index (χ4n) is 2.66. The number of anilines is 1. The van der Waals surface area contributed by atoms with Crippen LogP contribution in [0.5, 0.6) is 0 Å². The fraction of sp³-hybridized carbons (Fsp3) is 0.158. The molecule has 3 N–H and O–H groups in total. The number of nitrogens with one attached hydrogen (secondary N) is 1. The van der Waals surface area contributed by atoms with Crippen molar-refractivity contribution in [1.29, 1.82) is 0 Å². The van der Waals surface area contributed by atoms with Gasteiger partial charge < -0.3 is 5.32 Å². The van der Waals surface area contributed by atoms with Gasteiger partial charge in [0.05, 0.1) is 10.6 Å². The molecule has 29 heavy (non-hydrogen) atoms. The van der Waals surface area contributed by atoms with Crippen molar-refractivity contribution in [3.05, 3.63) is 64.9 Å². The van der Waals surface area contributed by atoms with E-state index < -0.39 is 10.0 Å². The van der Waals surface area contributed by atoms with Crippen LogP contribution in [-0.4, -0.2) is 29.6 Å². The standard InChI is InChI=1S/C19H19ClN4O3S2/c1-12-8-16(29(21,26)27)10-17(13(12)2)23-18(25)11-28-19-22-6-7-24(19)15-5-3-4-14(20)9-15/h3-10H,11H2,1-2H3,(H,23,25)(H2,21,26,27). The number of rotatable bonds is 6. The summed E-state index contributed by atoms with van der Waals surface area (Å²) in [6, 6.07) is 10.2. The lowest BCUT2D eigenvalue weighted by Gasteiger charge is -2.13. The van der Waals surface area contributed by atoms with Gasteiger partial charge in [-0.05, 0) is 55.3 Å². The Morgan fingerprint density at radius 3 is 2.72 bits per heavy atom. The number of aryl methyl sites for hydroxylation is 1. The molecule has 7 nitrogen and oxygen atoms in total. The van der Waals surface area contributed by atoms with Gasteiger partial charge in [-0.15, -0.1) is 0 Å². The number of amides is 1. The van der Waals surface area contributed by atoms with Crippen molar-refractivity contribution in [2.75, 3.05) is 11.1 Å². The Bertz CT molecular complexity index is 1180. The number of aromatic nitrogens is 2. The molecule has 0 radical (unpaired) electrons. The lowest BCUT2D eigenvalue weighted by Crippen LogP contribution is -2.17. The number of hydrogen-bond acceptors (Lipinski definition) is 5. The van der Waals surface area contributed by atoms with E-state index in [1.54, 1.807) is 38.4 Å². The van der Waals surface area contributed by atoms with E-state index in [9.17, 15) is 13.2 Å². The number of sulfonamides is 1. The number of hydrogen-bond donors (Lipinski definition) is 2. The maximum atomic E-state index is 12.5. The van der Waals surface area contributed by atoms with Gasteiger partial charge in [0.15, 0.2) is 5.16 Å². The number of benzene rings is 2. The summed E-state index contributed by atoms with van der Waals surface area (Å²) in [5.74, 6) is -0.194. The van der Waals surface area contributed by atoms with Crippen LogP contribution in [0.15, 0.2) is 58.8 Å². The molecule has 0 atom stereocenters. The van der Waals surface area contributed by atoms with E-state index in [1.165, 1.54) is 23.9 Å². The summed E-state index contributed by atoms with van der Waals surface area (Å²) < 4.78 is 25.1. The average molecular weight is 451 g/mol. The molecule has 10 heteroatoms. The fourth-order valence-corrected chi connectivity index (χ4v) is 4.24. The lowest BCUT2D eigenvalue weighted by atomic mass is 10.1. The van der Waals surface area contributed by atoms with Gasteiger partial charge >= 0.3 is 0 Å². The van der Waals surface area contributed by atoms with Crippen molar-refractivity contribution in [3.8, 4) is 5.69 Å². The monoisotopic (exact) mass is 450 g/mol. The normalized spacial score (nSPS) is 11.4. The third kappa shape index (κ3) is 5.18. The van der Waals surface area contributed by atoms with Crippen LogP contribution in [0.4, 0.5) is 5.69 Å². The Labute approximate surface area is 178 Å². The van der Waals surface area contributed by atoms with Gasteiger partial charge in [-0.1, -0.05) is 29.4 Å². The van der Waals surface area contributed by atoms with Crippen molar-refractivity contribution in [3.63, 3.8) is 0 Å². The maximum Gasteiger partial charge on any atom is 0.238 e. The quantitative estimate of drug-likeness (QED) is 0.558. The minimum Gasteiger partial charge on any atom is -0.325 e. The summed E-state index contributed by atoms with van der Waals surface area (Å²) >= 11 is 7.30. The molecule has 3 aromatic rings. The highest BCUT2D eigenvalue weighted by Crippen LogP contribution is 2.25. The highest BCUT2D eigenvalue weighted by molar-refractivity contribution is 7.99. The Morgan fingerprint density at radius 1 is 1.28 bits per heavy atom. The number of thioether (sulfide) groups is 1. The smallest absolute Gasteiger partial charge is 0.238 e. The molecule has 152 valence electrons. The van der Waals surface area contributed by atoms with Gasteiger partial charge in [0, 0.05) is 28.8 Å². The molecule has 0 fully saturated rings. The SMILES string of the molecule is Cc1cc(S(N)(=O)=O)cc(NC(=O)CSc2nccn2-c2cccc(Cl)c2)c1C. The zero-order valence-electron chi connectivity index (χ0n) is 15.7. The van der Waals surface area contributed by atoms with Crippen molar-refractivity contribution in [1.82, 2.24) is 9.55 Å². The van der Waals surface area contributed by atoms with Gasteiger partial charge in [-0.25, -0.2) is 18.5 Å². The van der Waals surface area contributed by atoms with Crippen LogP contribution in [0.25, 0.3) is 5.69 Å². The Balaban J connectivity index is 1.74. The van der Waals surface area contributed by atoms with E-state index in [2.05, 4.69) is 10.3 Å². The second kappa shape index (κ2) is 8.58. The lowest BCUT2D eigenvalue weighted by molar-refractivity contribution is -0.113. The molecule has 1 aromatic heterocycles. The predicted octanol–water partition coefficient (Wildman–Crippen LogP) is 3.52. The number of imidazole rings is 1. The number of nitrogens with zero attached hydrogens (tertiary/aromatic N) is 2. The highest BCUT2D eigenvalue weighted by Gasteiger charge is 2.15. The van der Waals surface area contributed by atoms with Gasteiger partial charge in [0.1, 0.15) is 0 Å². The Kier molecular flexibility index (Phi) is 6.33. The molecule has 0 aliphatic rings. The summed E-state index contributed by atoms with van der Waals surface area (Å²) in [6.45, 7) is 3.56. The molecule has 1 amide bonds. The van der Waals surface area contributed by atoms with Crippen LogP contribution in [0.3, 0.4) is 0 Å². The summed E-state index contributed by atoms with van der Waals surface area (Å²) in [7, 11) is -3.87. The van der Waals surface area contributed by atoms with Crippen LogP contribution >= 0.6 is 23.4 Å². The van der Waals surface area contributed by atoms with E-state index >= 15 is 0 Å². The second-order valence-corrected chi connectivity index (χ2v) is 9.29. The minimum absolute atomic E-state index is 0.0416. The third-order valence-corrected chi connectivity index (χ3v) is 6.36. The maximum absolute atomic E-state index is 12.5. The van der Waals surface area contributed by atoms with E-state index in [0.29, 0.717) is 15.9 Å². The number of halogens is 1. The number of nitrogens with two attached hydrogens (primary N) is 1. The molecule has 0 unspecified atom stereocenters. The van der Waals surface area contributed by atoms with Crippen LogP contribution < -0.4 is 10.5 Å². The van der Waals surface area contributed by atoms with Crippen molar-refractivity contribution in [2.45, 2.75) is 23.9 Å². The third-order valence-electron chi connectivity index (χ3n) is 4.27. The number of carbonyl (C=O) groups excluding carboxylic acids is 1. The van der Waals surface area contributed by atoms with Gasteiger partial charge in [0.2, 0.25) is 15.9 Å². The average Bonchev–Trinajstić information content (AvgIpc) is 3.11. The predicted molar refractivity (Wildman–Crippen MR) is 115 cm³/mol. The molecule has 3 rings (SSSR count). The molecule has 2 aromatic carbocycles. The van der Waals surface area contributed by atoms with Gasteiger partial charge in [-0.2, -0.15) is 0 Å². The minimum atomic E-state index is -3.87. The molecule has 0 saturated carbocycles. The first-order chi connectivity index (χ1) is 13.6. The van der Waals surface area contributed by atoms with E-state index in [0.717, 1.165) is 16.8 Å². The van der Waals surface area contributed by atoms with Crippen LogP contribution in [-0.2, 0) is 14.8 Å². The van der Waals surface area contributed by atoms with Crippen LogP contribution in [0.2, 0.25) is 5.02 Å². The molecular weight excluding hydrogens is 432 g/mol. The number of carbonyl (C=O) groups is 1. The first-order valence-electron chi connectivity index (χ1n) is 8.51. The molecule has 0 aliphatic heterocycles. The molecule has 0 saturated heterocycles.